The van der Waals surface area contributed by atoms with E-state index in [0.717, 1.165) is 32.2 Å². The number of hydrogen-bond donors (Lipinski definition) is 2. The van der Waals surface area contributed by atoms with Gasteiger partial charge in [0.25, 0.3) is 0 Å². The zero-order valence-electron chi connectivity index (χ0n) is 7.88. The largest absolute Gasteiger partial charge is 0.490 e. The molecule has 0 aliphatic carbocycles. The number of hydrogen-bond acceptors (Lipinski definition) is 3. The molecule has 0 aromatic carbocycles. The van der Waals surface area contributed by atoms with Gasteiger partial charge in [-0.1, -0.05) is 0 Å². The predicted octanol–water partition coefficient (Wildman–Crippen LogP) is 0.818. The van der Waals surface area contributed by atoms with Crippen molar-refractivity contribution in [2.75, 3.05) is 13.1 Å². The van der Waals surface area contributed by atoms with Crippen molar-refractivity contribution in [3.05, 3.63) is 0 Å². The lowest BCUT2D eigenvalue weighted by molar-refractivity contribution is -0.192. The number of nitrogens with one attached hydrogen (secondary N) is 1. The van der Waals surface area contributed by atoms with Crippen molar-refractivity contribution in [3.8, 4) is 0 Å². The minimum atomic E-state index is -5.08. The van der Waals surface area contributed by atoms with Gasteiger partial charge in [-0.25, -0.2) is 4.79 Å². The fourth-order valence-electron chi connectivity index (χ4n) is 0.980. The van der Waals surface area contributed by atoms with E-state index in [0.29, 0.717) is 5.92 Å². The van der Waals surface area contributed by atoms with Crippen LogP contribution in [0.1, 0.15) is 12.8 Å². The fourth-order valence-corrected chi connectivity index (χ4v) is 0.980. The number of aliphatic carboxylic acids is 1. The number of aldehydes is 1. The molecule has 15 heavy (non-hydrogen) atoms. The summed E-state index contributed by atoms with van der Waals surface area (Å²) in [6.45, 7) is 2.03. The minimum absolute atomic E-state index is 0.344. The average molecular weight is 227 g/mol. The van der Waals surface area contributed by atoms with E-state index >= 15 is 0 Å². The monoisotopic (exact) mass is 227 g/mol. The lowest BCUT2D eigenvalue weighted by Gasteiger charge is -2.16. The number of piperidine rings is 1. The van der Waals surface area contributed by atoms with Gasteiger partial charge in [-0.05, 0) is 25.9 Å². The Bertz CT molecular complexity index is 212. The van der Waals surface area contributed by atoms with E-state index in [-0.39, 0.29) is 0 Å². The molecule has 0 saturated carbocycles. The molecule has 1 heterocycles. The van der Waals surface area contributed by atoms with Gasteiger partial charge in [0.05, 0.1) is 0 Å². The van der Waals surface area contributed by atoms with Crippen LogP contribution in [0.15, 0.2) is 0 Å². The summed E-state index contributed by atoms with van der Waals surface area (Å²) >= 11 is 0. The van der Waals surface area contributed by atoms with Crippen LogP contribution >= 0.6 is 0 Å². The molecule has 0 amide bonds. The third-order valence-electron chi connectivity index (χ3n) is 1.82. The molecule has 1 aliphatic heterocycles. The summed E-state index contributed by atoms with van der Waals surface area (Å²) in [5.41, 5.74) is 0. The van der Waals surface area contributed by atoms with Crippen molar-refractivity contribution in [1.29, 1.82) is 0 Å². The third-order valence-corrected chi connectivity index (χ3v) is 1.82. The summed E-state index contributed by atoms with van der Waals surface area (Å²) in [5, 5.41) is 10.3. The van der Waals surface area contributed by atoms with Crippen LogP contribution in [0.5, 0.6) is 0 Å². The lowest BCUT2D eigenvalue weighted by atomic mass is 10.0. The Kier molecular flexibility index (Phi) is 5.92. The average Bonchev–Trinajstić information content (AvgIpc) is 2.18. The first-order valence-corrected chi connectivity index (χ1v) is 4.34. The lowest BCUT2D eigenvalue weighted by Crippen LogP contribution is -2.28. The van der Waals surface area contributed by atoms with E-state index in [1.807, 2.05) is 0 Å². The molecule has 7 heteroatoms. The van der Waals surface area contributed by atoms with Gasteiger partial charge >= 0.3 is 12.1 Å². The van der Waals surface area contributed by atoms with Gasteiger partial charge in [-0.3, -0.25) is 0 Å². The Morgan fingerprint density at radius 2 is 1.73 bits per heavy atom. The van der Waals surface area contributed by atoms with Crippen molar-refractivity contribution in [3.63, 3.8) is 0 Å². The van der Waals surface area contributed by atoms with E-state index < -0.39 is 12.1 Å². The maximum Gasteiger partial charge on any atom is 0.490 e. The van der Waals surface area contributed by atoms with Crippen LogP contribution < -0.4 is 5.32 Å². The van der Waals surface area contributed by atoms with E-state index in [1.165, 1.54) is 0 Å². The molecule has 88 valence electrons. The first kappa shape index (κ1) is 13.9. The highest BCUT2D eigenvalue weighted by Crippen LogP contribution is 2.13. The minimum Gasteiger partial charge on any atom is -0.475 e. The van der Waals surface area contributed by atoms with Crippen LogP contribution in [0.4, 0.5) is 13.2 Å². The highest BCUT2D eigenvalue weighted by Gasteiger charge is 2.38. The molecular formula is C8H12F3NO3. The standard InChI is InChI=1S/C6H11NO.C2HF3O2/c8-5-6-1-3-7-4-2-6;3-2(4,5)1(6)7/h5-7H,1-4H2;(H,6,7). The maximum absolute atomic E-state index is 10.6. The molecule has 2 N–H and O–H groups in total. The summed E-state index contributed by atoms with van der Waals surface area (Å²) in [4.78, 5) is 19.0. The van der Waals surface area contributed by atoms with Crippen LogP contribution in [0.2, 0.25) is 0 Å². The van der Waals surface area contributed by atoms with Crippen molar-refractivity contribution in [1.82, 2.24) is 5.32 Å². The van der Waals surface area contributed by atoms with Crippen molar-refractivity contribution in [2.24, 2.45) is 5.92 Å². The summed E-state index contributed by atoms with van der Waals surface area (Å²) < 4.78 is 31.7. The van der Waals surface area contributed by atoms with Gasteiger partial charge in [0.2, 0.25) is 0 Å². The fraction of sp³-hybridized carbons (Fsp3) is 0.750. The van der Waals surface area contributed by atoms with Gasteiger partial charge < -0.3 is 15.2 Å². The SMILES string of the molecule is O=C(O)C(F)(F)F.O=CC1CCNCC1. The first-order chi connectivity index (χ1) is 6.88. The highest BCUT2D eigenvalue weighted by atomic mass is 19.4. The van der Waals surface area contributed by atoms with Crippen molar-refractivity contribution >= 4 is 12.3 Å². The molecule has 1 fully saturated rings. The number of alkyl halides is 3. The third kappa shape index (κ3) is 6.89. The molecule has 1 aliphatic rings. The topological polar surface area (TPSA) is 66.4 Å². The quantitative estimate of drug-likeness (QED) is 0.651. The molecule has 1 rings (SSSR count). The second-order valence-electron chi connectivity index (χ2n) is 3.03. The van der Waals surface area contributed by atoms with Gasteiger partial charge in [-0.2, -0.15) is 13.2 Å². The maximum atomic E-state index is 10.6. The number of carboxylic acids is 1. The summed E-state index contributed by atoms with van der Waals surface area (Å²) in [5.74, 6) is -2.41. The summed E-state index contributed by atoms with van der Waals surface area (Å²) in [6.07, 6.45) is -1.95. The zero-order chi connectivity index (χ0) is 11.9. The van der Waals surface area contributed by atoms with Crippen LogP contribution in [0, 0.1) is 5.92 Å². The number of rotatable bonds is 1. The predicted molar refractivity (Wildman–Crippen MR) is 45.3 cm³/mol. The van der Waals surface area contributed by atoms with E-state index in [2.05, 4.69) is 5.32 Å². The molecule has 4 nitrogen and oxygen atoms in total. The summed E-state index contributed by atoms with van der Waals surface area (Å²) in [6, 6.07) is 0. The normalized spacial score (nSPS) is 17.5. The highest BCUT2D eigenvalue weighted by molar-refractivity contribution is 5.73. The van der Waals surface area contributed by atoms with Crippen molar-refractivity contribution < 1.29 is 27.9 Å². The van der Waals surface area contributed by atoms with Gasteiger partial charge in [0.1, 0.15) is 6.29 Å². The molecule has 0 bridgehead atoms. The Morgan fingerprint density at radius 3 is 1.93 bits per heavy atom. The Balaban J connectivity index is 0.000000265. The van der Waals surface area contributed by atoms with Crippen LogP contribution in [0.3, 0.4) is 0 Å². The molecule has 0 unspecified atom stereocenters. The zero-order valence-corrected chi connectivity index (χ0v) is 7.88. The van der Waals surface area contributed by atoms with Crippen LogP contribution in [-0.2, 0) is 9.59 Å². The molecular weight excluding hydrogens is 215 g/mol. The van der Waals surface area contributed by atoms with Gasteiger partial charge in [0.15, 0.2) is 0 Å². The van der Waals surface area contributed by atoms with Gasteiger partial charge in [-0.15, -0.1) is 0 Å². The van der Waals surface area contributed by atoms with E-state index in [4.69, 9.17) is 9.90 Å². The smallest absolute Gasteiger partial charge is 0.475 e. The van der Waals surface area contributed by atoms with Crippen LogP contribution in [0.25, 0.3) is 0 Å². The summed E-state index contributed by atoms with van der Waals surface area (Å²) in [7, 11) is 0. The Labute approximate surface area is 84.5 Å². The Morgan fingerprint density at radius 1 is 1.33 bits per heavy atom. The molecule has 1 saturated heterocycles. The molecule has 0 radical (unpaired) electrons. The second kappa shape index (κ2) is 6.39. The van der Waals surface area contributed by atoms with Gasteiger partial charge in [0, 0.05) is 5.92 Å². The molecule has 0 aromatic rings. The number of carbonyl (C=O) groups excluding carboxylic acids is 1. The second-order valence-corrected chi connectivity index (χ2v) is 3.03. The molecule has 0 aromatic heterocycles. The first-order valence-electron chi connectivity index (χ1n) is 4.34. The molecule has 0 atom stereocenters. The number of carbonyl (C=O) groups is 2. The van der Waals surface area contributed by atoms with E-state index in [1.54, 1.807) is 0 Å². The number of halogens is 3. The van der Waals surface area contributed by atoms with E-state index in [9.17, 15) is 18.0 Å². The molecule has 0 spiro atoms. The number of carboxylic acid groups (broad SMARTS) is 1. The van der Waals surface area contributed by atoms with Crippen molar-refractivity contribution in [2.45, 2.75) is 19.0 Å². The van der Waals surface area contributed by atoms with Crippen LogP contribution in [-0.4, -0.2) is 36.6 Å². The Hall–Kier alpha value is -1.11.